The van der Waals surface area contributed by atoms with E-state index >= 15 is 0 Å². The highest BCUT2D eigenvalue weighted by Crippen LogP contribution is 2.13. The molecule has 1 amide bonds. The molecule has 0 spiro atoms. The van der Waals surface area contributed by atoms with E-state index in [1.165, 1.54) is 10.7 Å². The molecule has 0 saturated heterocycles. The van der Waals surface area contributed by atoms with Crippen LogP contribution in [0.1, 0.15) is 16.1 Å². The first-order valence-corrected chi connectivity index (χ1v) is 4.28. The highest BCUT2D eigenvalue weighted by atomic mass is 35.5. The standard InChI is InChI=1S/C8H7ClN4O/c1-4-2-6(9)12-13-5(7(10)14)3-11-8(4)13/h2-3H,1H3,(H2,10,14). The van der Waals surface area contributed by atoms with E-state index < -0.39 is 5.91 Å². The van der Waals surface area contributed by atoms with E-state index in [2.05, 4.69) is 10.1 Å². The van der Waals surface area contributed by atoms with E-state index in [-0.39, 0.29) is 5.69 Å². The van der Waals surface area contributed by atoms with Gasteiger partial charge in [-0.05, 0) is 18.6 Å². The lowest BCUT2D eigenvalue weighted by Gasteiger charge is -1.99. The normalized spacial score (nSPS) is 10.7. The van der Waals surface area contributed by atoms with Crippen LogP contribution in [-0.2, 0) is 0 Å². The van der Waals surface area contributed by atoms with Gasteiger partial charge in [0, 0.05) is 0 Å². The number of carbonyl (C=O) groups excluding carboxylic acids is 1. The fourth-order valence-corrected chi connectivity index (χ4v) is 1.49. The minimum atomic E-state index is -0.577. The minimum absolute atomic E-state index is 0.227. The lowest BCUT2D eigenvalue weighted by Crippen LogP contribution is -2.15. The van der Waals surface area contributed by atoms with Gasteiger partial charge in [0.15, 0.2) is 5.65 Å². The Bertz CT molecular complexity index is 519. The zero-order chi connectivity index (χ0) is 10.3. The Morgan fingerprint density at radius 1 is 1.64 bits per heavy atom. The Labute approximate surface area is 84.5 Å². The molecule has 0 bridgehead atoms. The SMILES string of the molecule is Cc1cc(Cl)nn2c(C(N)=O)cnc12. The van der Waals surface area contributed by atoms with Crippen molar-refractivity contribution in [2.75, 3.05) is 0 Å². The van der Waals surface area contributed by atoms with Gasteiger partial charge in [0.25, 0.3) is 5.91 Å². The van der Waals surface area contributed by atoms with Gasteiger partial charge in [-0.15, -0.1) is 0 Å². The second-order valence-electron chi connectivity index (χ2n) is 2.89. The van der Waals surface area contributed by atoms with Crippen molar-refractivity contribution in [2.24, 2.45) is 5.73 Å². The number of fused-ring (bicyclic) bond motifs is 1. The molecule has 0 radical (unpaired) electrons. The number of amides is 1. The molecule has 72 valence electrons. The van der Waals surface area contributed by atoms with Crippen molar-refractivity contribution in [1.82, 2.24) is 14.6 Å². The molecule has 0 aromatic carbocycles. The van der Waals surface area contributed by atoms with Crippen molar-refractivity contribution < 1.29 is 4.79 Å². The van der Waals surface area contributed by atoms with Crippen LogP contribution in [0, 0.1) is 6.92 Å². The zero-order valence-corrected chi connectivity index (χ0v) is 8.12. The van der Waals surface area contributed by atoms with Gasteiger partial charge in [-0.1, -0.05) is 11.6 Å². The van der Waals surface area contributed by atoms with Gasteiger partial charge in [-0.2, -0.15) is 5.10 Å². The molecule has 5 nitrogen and oxygen atoms in total. The molecule has 0 unspecified atom stereocenters. The minimum Gasteiger partial charge on any atom is -0.364 e. The first-order valence-electron chi connectivity index (χ1n) is 3.90. The molecule has 2 aromatic rings. The van der Waals surface area contributed by atoms with Crippen molar-refractivity contribution in [3.8, 4) is 0 Å². The predicted molar refractivity (Wildman–Crippen MR) is 51.3 cm³/mol. The number of carbonyl (C=O) groups is 1. The number of hydrogen-bond acceptors (Lipinski definition) is 3. The van der Waals surface area contributed by atoms with Crippen molar-refractivity contribution in [3.63, 3.8) is 0 Å². The van der Waals surface area contributed by atoms with Crippen LogP contribution in [0.15, 0.2) is 12.3 Å². The Morgan fingerprint density at radius 2 is 2.36 bits per heavy atom. The molecule has 14 heavy (non-hydrogen) atoms. The fraction of sp³-hybridized carbons (Fsp3) is 0.125. The molecule has 2 heterocycles. The molecule has 0 aliphatic carbocycles. The smallest absolute Gasteiger partial charge is 0.269 e. The van der Waals surface area contributed by atoms with Gasteiger partial charge in [0.05, 0.1) is 6.20 Å². The van der Waals surface area contributed by atoms with Crippen molar-refractivity contribution in [1.29, 1.82) is 0 Å². The van der Waals surface area contributed by atoms with Crippen LogP contribution in [0.4, 0.5) is 0 Å². The van der Waals surface area contributed by atoms with Gasteiger partial charge in [-0.25, -0.2) is 9.50 Å². The fourth-order valence-electron chi connectivity index (χ4n) is 1.25. The largest absolute Gasteiger partial charge is 0.364 e. The number of aryl methyl sites for hydroxylation is 1. The molecule has 0 saturated carbocycles. The Kier molecular flexibility index (Phi) is 1.89. The van der Waals surface area contributed by atoms with Gasteiger partial charge in [-0.3, -0.25) is 4.79 Å². The third-order valence-corrected chi connectivity index (χ3v) is 2.06. The summed E-state index contributed by atoms with van der Waals surface area (Å²) in [6.45, 7) is 1.83. The zero-order valence-electron chi connectivity index (χ0n) is 7.36. The summed E-state index contributed by atoms with van der Waals surface area (Å²) in [6.07, 6.45) is 1.38. The van der Waals surface area contributed by atoms with Crippen LogP contribution in [0.2, 0.25) is 5.15 Å². The summed E-state index contributed by atoms with van der Waals surface area (Å²) in [5.41, 5.74) is 6.80. The van der Waals surface area contributed by atoms with Gasteiger partial charge in [0.1, 0.15) is 10.8 Å². The van der Waals surface area contributed by atoms with E-state index in [0.29, 0.717) is 10.8 Å². The molecule has 2 aromatic heterocycles. The first-order chi connectivity index (χ1) is 6.59. The van der Waals surface area contributed by atoms with Gasteiger partial charge in [0.2, 0.25) is 0 Å². The highest BCUT2D eigenvalue weighted by Gasteiger charge is 2.11. The lowest BCUT2D eigenvalue weighted by molar-refractivity contribution is 0.0993. The van der Waals surface area contributed by atoms with Crippen LogP contribution in [-0.4, -0.2) is 20.5 Å². The van der Waals surface area contributed by atoms with Crippen LogP contribution in [0.5, 0.6) is 0 Å². The summed E-state index contributed by atoms with van der Waals surface area (Å²) in [5, 5.41) is 4.24. The van der Waals surface area contributed by atoms with Crippen LogP contribution in [0.25, 0.3) is 5.65 Å². The summed E-state index contributed by atoms with van der Waals surface area (Å²) in [6, 6.07) is 1.68. The summed E-state index contributed by atoms with van der Waals surface area (Å²) < 4.78 is 1.35. The summed E-state index contributed by atoms with van der Waals surface area (Å²) >= 11 is 5.75. The van der Waals surface area contributed by atoms with Crippen molar-refractivity contribution in [3.05, 3.63) is 28.7 Å². The molecular weight excluding hydrogens is 204 g/mol. The van der Waals surface area contributed by atoms with E-state index in [9.17, 15) is 4.79 Å². The van der Waals surface area contributed by atoms with E-state index in [1.54, 1.807) is 6.07 Å². The maximum atomic E-state index is 11.0. The molecule has 2 rings (SSSR count). The predicted octanol–water partition coefficient (Wildman–Crippen LogP) is 0.790. The topological polar surface area (TPSA) is 73.3 Å². The maximum absolute atomic E-state index is 11.0. The summed E-state index contributed by atoms with van der Waals surface area (Å²) in [5.74, 6) is -0.577. The summed E-state index contributed by atoms with van der Waals surface area (Å²) in [4.78, 5) is 15.0. The molecule has 0 aliphatic rings. The number of nitrogens with two attached hydrogens (primary N) is 1. The number of hydrogen-bond donors (Lipinski definition) is 1. The number of aromatic nitrogens is 3. The maximum Gasteiger partial charge on any atom is 0.269 e. The van der Waals surface area contributed by atoms with E-state index in [4.69, 9.17) is 17.3 Å². The molecule has 0 atom stereocenters. The molecule has 2 N–H and O–H groups in total. The van der Waals surface area contributed by atoms with Crippen molar-refractivity contribution in [2.45, 2.75) is 6.92 Å². The van der Waals surface area contributed by atoms with Crippen molar-refractivity contribution >= 4 is 23.2 Å². The molecule has 6 heteroatoms. The third-order valence-electron chi connectivity index (χ3n) is 1.87. The first kappa shape index (κ1) is 8.96. The van der Waals surface area contributed by atoms with Gasteiger partial charge >= 0.3 is 0 Å². The monoisotopic (exact) mass is 210 g/mol. The lowest BCUT2D eigenvalue weighted by atomic mass is 10.3. The second kappa shape index (κ2) is 2.95. The average Bonchev–Trinajstić information content (AvgIpc) is 2.47. The van der Waals surface area contributed by atoms with Crippen LogP contribution in [0.3, 0.4) is 0 Å². The van der Waals surface area contributed by atoms with Gasteiger partial charge < -0.3 is 5.73 Å². The third kappa shape index (κ3) is 1.22. The second-order valence-corrected chi connectivity index (χ2v) is 3.28. The summed E-state index contributed by atoms with van der Waals surface area (Å²) in [7, 11) is 0. The number of imidazole rings is 1. The molecule has 0 fully saturated rings. The number of primary amides is 1. The quantitative estimate of drug-likeness (QED) is 0.756. The van der Waals surface area contributed by atoms with Crippen LogP contribution >= 0.6 is 11.6 Å². The van der Waals surface area contributed by atoms with Crippen LogP contribution < -0.4 is 5.73 Å². The molecule has 0 aliphatic heterocycles. The number of halogens is 1. The number of rotatable bonds is 1. The number of nitrogens with zero attached hydrogens (tertiary/aromatic N) is 3. The average molecular weight is 211 g/mol. The Balaban J connectivity index is 2.85. The van der Waals surface area contributed by atoms with E-state index in [1.807, 2.05) is 6.92 Å². The molecular formula is C8H7ClN4O. The van der Waals surface area contributed by atoms with E-state index in [0.717, 1.165) is 5.56 Å². The highest BCUT2D eigenvalue weighted by molar-refractivity contribution is 6.29. The Morgan fingerprint density at radius 3 is 3.00 bits per heavy atom. The Hall–Kier alpha value is -1.62.